The minimum atomic E-state index is -2.65. The molecule has 0 aliphatic heterocycles. The number of hydrogen-bond acceptors (Lipinski definition) is 3. The molecule has 0 radical (unpaired) electrons. The minimum absolute atomic E-state index is 0.393. The second kappa shape index (κ2) is 7.23. The van der Waals surface area contributed by atoms with Gasteiger partial charge >= 0.3 is 0 Å². The standard InChI is InChI=1S/C17H25NO2S/c1-3-16(19)17(14-10-6-4-7-11-14)21(20,18-2)15-12-8-5-9-13-15/h5,8-10,12-13,16-17,19H,3-4,6-7,11H2,1-2H3/t16-,17-,21+/m1/s1. The van der Waals surface area contributed by atoms with Crippen molar-refractivity contribution >= 4 is 9.73 Å². The van der Waals surface area contributed by atoms with E-state index >= 15 is 0 Å². The first-order valence-electron chi connectivity index (χ1n) is 7.69. The first-order valence-corrected chi connectivity index (χ1v) is 9.27. The molecular formula is C17H25NO2S. The van der Waals surface area contributed by atoms with E-state index in [1.165, 1.54) is 6.42 Å². The summed E-state index contributed by atoms with van der Waals surface area (Å²) in [6.45, 7) is 1.93. The monoisotopic (exact) mass is 307 g/mol. The van der Waals surface area contributed by atoms with Crippen LogP contribution in [0.1, 0.15) is 39.0 Å². The van der Waals surface area contributed by atoms with Gasteiger partial charge in [0.05, 0.1) is 21.1 Å². The number of hydrogen-bond donors (Lipinski definition) is 1. The highest BCUT2D eigenvalue weighted by Crippen LogP contribution is 2.32. The van der Waals surface area contributed by atoms with Gasteiger partial charge in [-0.15, -0.1) is 0 Å². The first-order chi connectivity index (χ1) is 10.1. The van der Waals surface area contributed by atoms with Gasteiger partial charge in [-0.2, -0.15) is 0 Å². The Labute approximate surface area is 128 Å². The number of benzene rings is 1. The highest BCUT2D eigenvalue weighted by molar-refractivity contribution is 7.94. The van der Waals surface area contributed by atoms with Crippen LogP contribution in [0, 0.1) is 0 Å². The van der Waals surface area contributed by atoms with E-state index in [-0.39, 0.29) is 0 Å². The third-order valence-electron chi connectivity index (χ3n) is 4.16. The second-order valence-electron chi connectivity index (χ2n) is 5.49. The van der Waals surface area contributed by atoms with Crippen molar-refractivity contribution < 1.29 is 9.32 Å². The molecule has 0 bridgehead atoms. The Morgan fingerprint density at radius 1 is 1.29 bits per heavy atom. The van der Waals surface area contributed by atoms with E-state index in [0.717, 1.165) is 29.7 Å². The number of aliphatic hydroxyl groups is 1. The zero-order chi connectivity index (χ0) is 15.3. The van der Waals surface area contributed by atoms with Crippen molar-refractivity contribution in [1.29, 1.82) is 0 Å². The van der Waals surface area contributed by atoms with Crippen LogP contribution in [0.15, 0.2) is 51.2 Å². The van der Waals surface area contributed by atoms with Crippen LogP contribution >= 0.6 is 0 Å². The maximum absolute atomic E-state index is 13.6. The zero-order valence-corrected chi connectivity index (χ0v) is 13.7. The summed E-state index contributed by atoms with van der Waals surface area (Å²) in [6.07, 6.45) is 6.34. The van der Waals surface area contributed by atoms with E-state index in [9.17, 15) is 9.32 Å². The molecule has 0 saturated carbocycles. The molecule has 0 aromatic heterocycles. The Balaban J connectivity index is 2.53. The van der Waals surface area contributed by atoms with Crippen molar-refractivity contribution in [3.63, 3.8) is 0 Å². The predicted octanol–water partition coefficient (Wildman–Crippen LogP) is 3.78. The Morgan fingerprint density at radius 2 is 2.00 bits per heavy atom. The van der Waals surface area contributed by atoms with Gasteiger partial charge in [-0.05, 0) is 44.2 Å². The van der Waals surface area contributed by atoms with E-state index in [1.807, 2.05) is 37.3 Å². The largest absolute Gasteiger partial charge is 0.391 e. The average Bonchev–Trinajstić information content (AvgIpc) is 2.56. The molecule has 3 atom stereocenters. The van der Waals surface area contributed by atoms with E-state index < -0.39 is 21.1 Å². The lowest BCUT2D eigenvalue weighted by molar-refractivity contribution is 0.172. The maximum atomic E-state index is 13.6. The van der Waals surface area contributed by atoms with Crippen molar-refractivity contribution in [2.45, 2.75) is 55.3 Å². The van der Waals surface area contributed by atoms with Crippen LogP contribution in [-0.2, 0) is 9.73 Å². The van der Waals surface area contributed by atoms with Crippen LogP contribution in [0.4, 0.5) is 0 Å². The molecule has 0 unspecified atom stereocenters. The Hall–Kier alpha value is -1.13. The van der Waals surface area contributed by atoms with Crippen molar-refractivity contribution in [3.05, 3.63) is 42.0 Å². The highest BCUT2D eigenvalue weighted by atomic mass is 32.2. The summed E-state index contributed by atoms with van der Waals surface area (Å²) in [4.78, 5) is 0.719. The summed E-state index contributed by atoms with van der Waals surface area (Å²) in [5, 5.41) is 10.1. The van der Waals surface area contributed by atoms with Gasteiger partial charge in [-0.3, -0.25) is 0 Å². The number of aliphatic hydroxyl groups excluding tert-OH is 1. The van der Waals surface area contributed by atoms with Gasteiger partial charge in [0.2, 0.25) is 0 Å². The van der Waals surface area contributed by atoms with Crippen LogP contribution in [0.5, 0.6) is 0 Å². The van der Waals surface area contributed by atoms with E-state index in [0.29, 0.717) is 6.42 Å². The van der Waals surface area contributed by atoms with Gasteiger partial charge in [-0.25, -0.2) is 8.57 Å². The van der Waals surface area contributed by atoms with Crippen LogP contribution in [-0.4, -0.2) is 27.7 Å². The molecule has 1 aromatic rings. The fourth-order valence-corrected chi connectivity index (χ4v) is 5.50. The molecule has 3 nitrogen and oxygen atoms in total. The third-order valence-corrected chi connectivity index (χ3v) is 6.95. The molecule has 1 aliphatic carbocycles. The van der Waals surface area contributed by atoms with Crippen molar-refractivity contribution in [2.75, 3.05) is 7.05 Å². The lowest BCUT2D eigenvalue weighted by Crippen LogP contribution is -2.36. The van der Waals surface area contributed by atoms with Gasteiger partial charge in [0.25, 0.3) is 0 Å². The topological polar surface area (TPSA) is 49.7 Å². The van der Waals surface area contributed by atoms with Crippen molar-refractivity contribution in [2.24, 2.45) is 4.36 Å². The highest BCUT2D eigenvalue weighted by Gasteiger charge is 2.34. The van der Waals surface area contributed by atoms with Crippen LogP contribution < -0.4 is 0 Å². The van der Waals surface area contributed by atoms with Crippen molar-refractivity contribution in [1.82, 2.24) is 0 Å². The SMILES string of the molecule is CC[C@@H](O)[C@@H](C1=CCCCC1)[S@](=O)(=NC)c1ccccc1. The van der Waals surface area contributed by atoms with E-state index in [2.05, 4.69) is 10.4 Å². The van der Waals surface area contributed by atoms with Gasteiger partial charge < -0.3 is 5.11 Å². The Bertz CT molecular complexity index is 600. The lowest BCUT2D eigenvalue weighted by atomic mass is 9.94. The smallest absolute Gasteiger partial charge is 0.0942 e. The molecular weight excluding hydrogens is 282 g/mol. The molecule has 0 fully saturated rings. The molecule has 21 heavy (non-hydrogen) atoms. The lowest BCUT2D eigenvalue weighted by Gasteiger charge is -2.30. The summed E-state index contributed by atoms with van der Waals surface area (Å²) < 4.78 is 17.8. The van der Waals surface area contributed by atoms with Crippen LogP contribution in [0.25, 0.3) is 0 Å². The average molecular weight is 307 g/mol. The fraction of sp³-hybridized carbons (Fsp3) is 0.529. The maximum Gasteiger partial charge on any atom is 0.0942 e. The second-order valence-corrected chi connectivity index (χ2v) is 7.97. The number of nitrogens with zero attached hydrogens (tertiary/aromatic N) is 1. The zero-order valence-electron chi connectivity index (χ0n) is 12.9. The quantitative estimate of drug-likeness (QED) is 0.842. The first kappa shape index (κ1) is 16.2. The summed E-state index contributed by atoms with van der Waals surface area (Å²) in [5.74, 6) is 0. The van der Waals surface area contributed by atoms with Gasteiger partial charge in [-0.1, -0.05) is 36.8 Å². The van der Waals surface area contributed by atoms with Gasteiger partial charge in [0, 0.05) is 11.9 Å². The van der Waals surface area contributed by atoms with Gasteiger partial charge in [0.15, 0.2) is 0 Å². The molecule has 116 valence electrons. The van der Waals surface area contributed by atoms with Gasteiger partial charge in [0.1, 0.15) is 0 Å². The third kappa shape index (κ3) is 3.38. The van der Waals surface area contributed by atoms with Crippen LogP contribution in [0.3, 0.4) is 0 Å². The summed E-state index contributed by atoms with van der Waals surface area (Å²) in [7, 11) is -1.05. The molecule has 0 heterocycles. The number of allylic oxidation sites excluding steroid dienone is 1. The molecule has 0 spiro atoms. The Morgan fingerprint density at radius 3 is 2.52 bits per heavy atom. The van der Waals surface area contributed by atoms with E-state index in [4.69, 9.17) is 0 Å². The molecule has 1 aliphatic rings. The molecule has 0 saturated heterocycles. The molecule has 1 aromatic carbocycles. The summed E-state index contributed by atoms with van der Waals surface area (Å²) in [5.41, 5.74) is 1.12. The molecule has 0 amide bonds. The van der Waals surface area contributed by atoms with E-state index in [1.54, 1.807) is 7.05 Å². The molecule has 1 N–H and O–H groups in total. The number of rotatable bonds is 5. The minimum Gasteiger partial charge on any atom is -0.391 e. The predicted molar refractivity (Wildman–Crippen MR) is 87.8 cm³/mol. The summed E-state index contributed by atoms with van der Waals surface area (Å²) in [6, 6.07) is 9.38. The van der Waals surface area contributed by atoms with Crippen LogP contribution in [0.2, 0.25) is 0 Å². The molecule has 4 heteroatoms. The summed E-state index contributed by atoms with van der Waals surface area (Å²) >= 11 is 0. The molecule has 2 rings (SSSR count). The normalized spacial score (nSPS) is 21.0. The fourth-order valence-electron chi connectivity index (χ4n) is 2.98. The van der Waals surface area contributed by atoms with Crippen molar-refractivity contribution in [3.8, 4) is 0 Å². The Kier molecular flexibility index (Phi) is 5.59.